The lowest BCUT2D eigenvalue weighted by Crippen LogP contribution is -2.24. The fraction of sp³-hybridized carbons (Fsp3) is 0.0909. The second-order valence-electron chi connectivity index (χ2n) is 6.56. The molecule has 144 valence electrons. The van der Waals surface area contributed by atoms with Gasteiger partial charge in [0.2, 0.25) is 0 Å². The Morgan fingerprint density at radius 2 is 1.24 bits per heavy atom. The molecule has 1 aromatic carbocycles. The Balaban J connectivity index is 1.48. The van der Waals surface area contributed by atoms with Crippen LogP contribution in [0, 0.1) is 0 Å². The molecule has 0 aliphatic heterocycles. The van der Waals surface area contributed by atoms with Crippen molar-refractivity contribution in [3.05, 3.63) is 102 Å². The largest absolute Gasteiger partial charge is 0.360 e. The lowest BCUT2D eigenvalue weighted by Gasteiger charge is -2.26. The summed E-state index contributed by atoms with van der Waals surface area (Å²) in [6, 6.07) is 19.0. The maximum atomic E-state index is 4.47. The quantitative estimate of drug-likeness (QED) is 0.356. The average Bonchev–Trinajstić information content (AvgIpc) is 3.55. The summed E-state index contributed by atoms with van der Waals surface area (Å²) in [5, 5.41) is 6.00. The molecule has 0 amide bonds. The molecule has 7 heteroatoms. The SMILES string of the molecule is c1ccc(N(Cc2cccn2-c2nccs2)Cc2cccn2-c2nccs2)cc1. The summed E-state index contributed by atoms with van der Waals surface area (Å²) in [6.07, 6.45) is 7.85. The molecule has 0 atom stereocenters. The molecular weight excluding hydrogens is 398 g/mol. The first-order chi connectivity index (χ1) is 14.4. The smallest absolute Gasteiger partial charge is 0.193 e. The zero-order valence-electron chi connectivity index (χ0n) is 15.6. The number of benzene rings is 1. The molecule has 5 aromatic rings. The second-order valence-corrected chi connectivity index (χ2v) is 8.31. The molecule has 4 heterocycles. The number of hydrogen-bond acceptors (Lipinski definition) is 5. The standard InChI is InChI=1S/C22H19N5S2/c1-2-6-18(7-3-1)25(16-19-8-4-12-26(19)21-23-10-14-28-21)17-20-9-5-13-27(20)22-24-11-15-29-22/h1-15H,16-17H2. The molecule has 0 radical (unpaired) electrons. The highest BCUT2D eigenvalue weighted by Crippen LogP contribution is 2.24. The molecule has 0 bridgehead atoms. The van der Waals surface area contributed by atoms with Crippen LogP contribution < -0.4 is 4.90 Å². The molecule has 0 aliphatic carbocycles. The molecule has 0 fully saturated rings. The molecule has 0 spiro atoms. The van der Waals surface area contributed by atoms with Gasteiger partial charge >= 0.3 is 0 Å². The van der Waals surface area contributed by atoms with Gasteiger partial charge in [-0.1, -0.05) is 18.2 Å². The minimum atomic E-state index is 0.777. The van der Waals surface area contributed by atoms with Crippen molar-refractivity contribution in [3.63, 3.8) is 0 Å². The molecular formula is C22H19N5S2. The predicted octanol–water partition coefficient (Wildman–Crippen LogP) is 5.39. The second kappa shape index (κ2) is 8.06. The van der Waals surface area contributed by atoms with Crippen molar-refractivity contribution in [2.45, 2.75) is 13.1 Å². The van der Waals surface area contributed by atoms with Crippen molar-refractivity contribution >= 4 is 28.4 Å². The van der Waals surface area contributed by atoms with Crippen molar-refractivity contribution in [1.29, 1.82) is 0 Å². The molecule has 5 rings (SSSR count). The number of rotatable bonds is 7. The third-order valence-electron chi connectivity index (χ3n) is 4.74. The van der Waals surface area contributed by atoms with Gasteiger partial charge in [-0.15, -0.1) is 22.7 Å². The lowest BCUT2D eigenvalue weighted by atomic mass is 10.2. The van der Waals surface area contributed by atoms with Gasteiger partial charge in [-0.2, -0.15) is 0 Å². The van der Waals surface area contributed by atoms with E-state index in [2.05, 4.69) is 91.0 Å². The molecule has 4 aromatic heterocycles. The summed E-state index contributed by atoms with van der Waals surface area (Å²) in [5.41, 5.74) is 3.60. The van der Waals surface area contributed by atoms with E-state index < -0.39 is 0 Å². The van der Waals surface area contributed by atoms with Crippen LogP contribution in [0.2, 0.25) is 0 Å². The van der Waals surface area contributed by atoms with Gasteiger partial charge < -0.3 is 4.90 Å². The van der Waals surface area contributed by atoms with E-state index in [9.17, 15) is 0 Å². The summed E-state index contributed by atoms with van der Waals surface area (Å²) in [5.74, 6) is 0. The Kier molecular flexibility index (Phi) is 4.98. The van der Waals surface area contributed by atoms with Crippen LogP contribution in [0.3, 0.4) is 0 Å². The molecule has 0 aliphatic rings. The van der Waals surface area contributed by atoms with Gasteiger partial charge in [-0.25, -0.2) is 9.97 Å². The minimum Gasteiger partial charge on any atom is -0.360 e. The van der Waals surface area contributed by atoms with Gasteiger partial charge in [-0.3, -0.25) is 9.13 Å². The number of anilines is 1. The fourth-order valence-corrected chi connectivity index (χ4v) is 4.72. The van der Waals surface area contributed by atoms with Crippen LogP contribution in [0.1, 0.15) is 11.4 Å². The molecule has 0 saturated carbocycles. The van der Waals surface area contributed by atoms with Crippen LogP contribution in [0.15, 0.2) is 90.1 Å². The van der Waals surface area contributed by atoms with Crippen LogP contribution >= 0.6 is 22.7 Å². The van der Waals surface area contributed by atoms with E-state index in [-0.39, 0.29) is 0 Å². The maximum absolute atomic E-state index is 4.47. The van der Waals surface area contributed by atoms with Crippen LogP contribution in [-0.2, 0) is 13.1 Å². The van der Waals surface area contributed by atoms with E-state index in [0.717, 1.165) is 23.4 Å². The molecule has 0 N–H and O–H groups in total. The first-order valence-electron chi connectivity index (χ1n) is 9.31. The summed E-state index contributed by atoms with van der Waals surface area (Å²) in [6.45, 7) is 1.55. The van der Waals surface area contributed by atoms with Gasteiger partial charge in [0.15, 0.2) is 10.3 Å². The number of thiazole rings is 2. The lowest BCUT2D eigenvalue weighted by molar-refractivity contribution is 0.737. The summed E-state index contributed by atoms with van der Waals surface area (Å²) in [7, 11) is 0. The van der Waals surface area contributed by atoms with Crippen LogP contribution in [-0.4, -0.2) is 19.1 Å². The van der Waals surface area contributed by atoms with Gasteiger partial charge in [-0.05, 0) is 36.4 Å². The van der Waals surface area contributed by atoms with E-state index >= 15 is 0 Å². The Labute approximate surface area is 177 Å². The molecule has 0 saturated heterocycles. The van der Waals surface area contributed by atoms with E-state index in [0.29, 0.717) is 0 Å². The monoisotopic (exact) mass is 417 g/mol. The van der Waals surface area contributed by atoms with Crippen LogP contribution in [0.25, 0.3) is 10.3 Å². The highest BCUT2D eigenvalue weighted by Gasteiger charge is 2.15. The summed E-state index contributed by atoms with van der Waals surface area (Å²) in [4.78, 5) is 11.3. The zero-order chi connectivity index (χ0) is 19.5. The zero-order valence-corrected chi connectivity index (χ0v) is 17.3. The van der Waals surface area contributed by atoms with Crippen LogP contribution in [0.5, 0.6) is 0 Å². The number of hydrogen-bond donors (Lipinski definition) is 0. The van der Waals surface area contributed by atoms with E-state index in [1.165, 1.54) is 17.1 Å². The number of nitrogens with zero attached hydrogens (tertiary/aromatic N) is 5. The molecule has 29 heavy (non-hydrogen) atoms. The van der Waals surface area contributed by atoms with Crippen molar-refractivity contribution in [3.8, 4) is 10.3 Å². The third kappa shape index (κ3) is 3.74. The Morgan fingerprint density at radius 3 is 1.72 bits per heavy atom. The Morgan fingerprint density at radius 1 is 0.690 bits per heavy atom. The first kappa shape index (κ1) is 17.9. The summed E-state index contributed by atoms with van der Waals surface area (Å²) >= 11 is 3.29. The van der Waals surface area contributed by atoms with Gasteiger partial charge in [0.05, 0.1) is 13.1 Å². The highest BCUT2D eigenvalue weighted by molar-refractivity contribution is 7.12. The van der Waals surface area contributed by atoms with Gasteiger partial charge in [0, 0.05) is 52.6 Å². The Bertz CT molecular complexity index is 1080. The predicted molar refractivity (Wildman–Crippen MR) is 119 cm³/mol. The van der Waals surface area contributed by atoms with Gasteiger partial charge in [0.1, 0.15) is 0 Å². The average molecular weight is 418 g/mol. The molecule has 0 unspecified atom stereocenters. The van der Waals surface area contributed by atoms with Gasteiger partial charge in [0.25, 0.3) is 0 Å². The van der Waals surface area contributed by atoms with E-state index in [4.69, 9.17) is 0 Å². The van der Waals surface area contributed by atoms with Crippen molar-refractivity contribution in [2.24, 2.45) is 0 Å². The van der Waals surface area contributed by atoms with Crippen molar-refractivity contribution < 1.29 is 0 Å². The third-order valence-corrected chi connectivity index (χ3v) is 6.29. The minimum absolute atomic E-state index is 0.777. The van der Waals surface area contributed by atoms with Crippen molar-refractivity contribution in [1.82, 2.24) is 19.1 Å². The first-order valence-corrected chi connectivity index (χ1v) is 11.1. The number of aromatic nitrogens is 4. The fourth-order valence-electron chi connectivity index (χ4n) is 3.40. The highest BCUT2D eigenvalue weighted by atomic mass is 32.1. The summed E-state index contributed by atoms with van der Waals surface area (Å²) < 4.78 is 4.33. The molecule has 5 nitrogen and oxygen atoms in total. The topological polar surface area (TPSA) is 38.9 Å². The maximum Gasteiger partial charge on any atom is 0.193 e. The van der Waals surface area contributed by atoms with Crippen LogP contribution in [0.4, 0.5) is 5.69 Å². The van der Waals surface area contributed by atoms with E-state index in [1.807, 2.05) is 23.2 Å². The van der Waals surface area contributed by atoms with Crippen molar-refractivity contribution in [2.75, 3.05) is 4.90 Å². The Hall–Kier alpha value is -3.16. The van der Waals surface area contributed by atoms with E-state index in [1.54, 1.807) is 22.7 Å². The normalized spacial score (nSPS) is 11.0. The number of para-hydroxylation sites is 1.